The molecule has 0 unspecified atom stereocenters. The first kappa shape index (κ1) is 13.6. The van der Waals surface area contributed by atoms with Crippen LogP contribution in [0, 0.1) is 6.92 Å². The quantitative estimate of drug-likeness (QED) is 0.844. The van der Waals surface area contributed by atoms with Gasteiger partial charge in [-0.2, -0.15) is 0 Å². The molecule has 0 bridgehead atoms. The molecular weight excluding hydrogens is 246 g/mol. The van der Waals surface area contributed by atoms with Crippen molar-refractivity contribution in [3.8, 4) is 0 Å². The van der Waals surface area contributed by atoms with Crippen LogP contribution in [0.25, 0.3) is 0 Å². The molecule has 0 saturated heterocycles. The highest BCUT2D eigenvalue weighted by atomic mass is 32.2. The van der Waals surface area contributed by atoms with E-state index in [0.717, 1.165) is 19.3 Å². The lowest BCUT2D eigenvalue weighted by Crippen LogP contribution is -2.37. The van der Waals surface area contributed by atoms with Crippen LogP contribution in [0.1, 0.15) is 36.3 Å². The second-order valence-electron chi connectivity index (χ2n) is 5.29. The summed E-state index contributed by atoms with van der Waals surface area (Å²) in [5, 5.41) is 0. The van der Waals surface area contributed by atoms with Gasteiger partial charge in [0.25, 0.3) is 0 Å². The lowest BCUT2D eigenvalue weighted by atomic mass is 9.93. The number of aryl methyl sites for hydroxylation is 1. The summed E-state index contributed by atoms with van der Waals surface area (Å²) in [6.45, 7) is 2.07. The van der Waals surface area contributed by atoms with E-state index in [-0.39, 0.29) is 6.04 Å². The van der Waals surface area contributed by atoms with Gasteiger partial charge in [0.15, 0.2) is 0 Å². The van der Waals surface area contributed by atoms with Crippen LogP contribution in [-0.4, -0.2) is 32.1 Å². The zero-order valence-electron chi connectivity index (χ0n) is 11.3. The van der Waals surface area contributed by atoms with E-state index in [2.05, 4.69) is 31.2 Å². The predicted molar refractivity (Wildman–Crippen MR) is 74.2 cm³/mol. The average molecular weight is 267 g/mol. The van der Waals surface area contributed by atoms with Crippen LogP contribution in [-0.2, 0) is 10.0 Å². The van der Waals surface area contributed by atoms with Gasteiger partial charge in [-0.05, 0) is 25.3 Å². The molecule has 1 aliphatic carbocycles. The highest BCUT2D eigenvalue weighted by Gasteiger charge is 2.34. The molecule has 1 aromatic rings. The zero-order chi connectivity index (χ0) is 13.3. The highest BCUT2D eigenvalue weighted by Crippen LogP contribution is 2.38. The Morgan fingerprint density at radius 3 is 2.33 bits per heavy atom. The third kappa shape index (κ3) is 2.75. The smallest absolute Gasteiger partial charge is 0.211 e. The van der Waals surface area contributed by atoms with Crippen molar-refractivity contribution in [1.29, 1.82) is 0 Å². The lowest BCUT2D eigenvalue weighted by Gasteiger charge is -2.28. The molecule has 1 saturated carbocycles. The number of nitrogens with zero attached hydrogens (tertiary/aromatic N) is 1. The third-order valence-electron chi connectivity index (χ3n) is 3.98. The molecule has 2 rings (SSSR count). The van der Waals surface area contributed by atoms with E-state index in [1.54, 1.807) is 11.4 Å². The molecular formula is C14H21NO2S. The molecule has 0 aliphatic heterocycles. The SMILES string of the molecule is Cc1ccc([C@@H]2CCC[C@H]2N(C)S(C)(=O)=O)cc1. The Morgan fingerprint density at radius 2 is 1.78 bits per heavy atom. The van der Waals surface area contributed by atoms with Crippen LogP contribution < -0.4 is 0 Å². The van der Waals surface area contributed by atoms with Crippen molar-refractivity contribution in [2.45, 2.75) is 38.1 Å². The molecule has 1 aliphatic rings. The molecule has 1 fully saturated rings. The van der Waals surface area contributed by atoms with E-state index >= 15 is 0 Å². The van der Waals surface area contributed by atoms with Crippen LogP contribution in [0.15, 0.2) is 24.3 Å². The molecule has 1 aromatic carbocycles. The van der Waals surface area contributed by atoms with Gasteiger partial charge in [0.2, 0.25) is 10.0 Å². The number of hydrogen-bond donors (Lipinski definition) is 0. The van der Waals surface area contributed by atoms with Gasteiger partial charge in [0.1, 0.15) is 0 Å². The van der Waals surface area contributed by atoms with Crippen LogP contribution in [0.3, 0.4) is 0 Å². The molecule has 0 heterocycles. The number of benzene rings is 1. The minimum Gasteiger partial charge on any atom is -0.213 e. The Morgan fingerprint density at radius 1 is 1.17 bits per heavy atom. The molecule has 0 spiro atoms. The van der Waals surface area contributed by atoms with Gasteiger partial charge in [-0.1, -0.05) is 36.2 Å². The molecule has 0 amide bonds. The van der Waals surface area contributed by atoms with Gasteiger partial charge < -0.3 is 0 Å². The van der Waals surface area contributed by atoms with E-state index in [0.29, 0.717) is 5.92 Å². The van der Waals surface area contributed by atoms with E-state index in [1.165, 1.54) is 17.4 Å². The monoisotopic (exact) mass is 267 g/mol. The predicted octanol–water partition coefficient (Wildman–Crippen LogP) is 2.52. The minimum absolute atomic E-state index is 0.114. The maximum Gasteiger partial charge on any atom is 0.211 e. The first-order valence-corrected chi connectivity index (χ1v) is 8.24. The average Bonchev–Trinajstić information content (AvgIpc) is 2.76. The molecule has 0 radical (unpaired) electrons. The van der Waals surface area contributed by atoms with E-state index in [4.69, 9.17) is 0 Å². The van der Waals surface area contributed by atoms with Gasteiger partial charge in [0.05, 0.1) is 6.26 Å². The fourth-order valence-corrected chi connectivity index (χ4v) is 3.57. The largest absolute Gasteiger partial charge is 0.213 e. The molecule has 3 nitrogen and oxygen atoms in total. The minimum atomic E-state index is -3.10. The molecule has 0 N–H and O–H groups in total. The number of sulfonamides is 1. The summed E-state index contributed by atoms with van der Waals surface area (Å²) in [6.07, 6.45) is 4.43. The highest BCUT2D eigenvalue weighted by molar-refractivity contribution is 7.88. The first-order valence-electron chi connectivity index (χ1n) is 6.39. The second-order valence-corrected chi connectivity index (χ2v) is 7.34. The van der Waals surface area contributed by atoms with Crippen molar-refractivity contribution in [3.63, 3.8) is 0 Å². The number of hydrogen-bond acceptors (Lipinski definition) is 2. The van der Waals surface area contributed by atoms with Gasteiger partial charge in [-0.15, -0.1) is 0 Å². The number of likely N-dealkylation sites (N-methyl/N-ethyl adjacent to an activating group) is 1. The van der Waals surface area contributed by atoms with Gasteiger partial charge in [-0.3, -0.25) is 0 Å². The lowest BCUT2D eigenvalue weighted by molar-refractivity contribution is 0.349. The van der Waals surface area contributed by atoms with Gasteiger partial charge in [0, 0.05) is 19.0 Å². The summed E-state index contributed by atoms with van der Waals surface area (Å²) < 4.78 is 24.9. The Hall–Kier alpha value is -0.870. The maximum absolute atomic E-state index is 11.7. The zero-order valence-corrected chi connectivity index (χ0v) is 12.1. The van der Waals surface area contributed by atoms with Crippen LogP contribution in [0.5, 0.6) is 0 Å². The maximum atomic E-state index is 11.7. The van der Waals surface area contributed by atoms with Gasteiger partial charge >= 0.3 is 0 Å². The number of rotatable bonds is 3. The third-order valence-corrected chi connectivity index (χ3v) is 5.29. The van der Waals surface area contributed by atoms with E-state index < -0.39 is 10.0 Å². The normalized spacial score (nSPS) is 24.7. The Balaban J connectivity index is 2.25. The van der Waals surface area contributed by atoms with Crippen molar-refractivity contribution < 1.29 is 8.42 Å². The summed E-state index contributed by atoms with van der Waals surface area (Å²) in [7, 11) is -1.40. The van der Waals surface area contributed by atoms with Crippen molar-refractivity contribution >= 4 is 10.0 Å². The Kier molecular flexibility index (Phi) is 3.78. The molecule has 2 atom stereocenters. The first-order chi connectivity index (χ1) is 8.39. The van der Waals surface area contributed by atoms with Crippen molar-refractivity contribution in [2.75, 3.05) is 13.3 Å². The van der Waals surface area contributed by atoms with Crippen LogP contribution >= 0.6 is 0 Å². The van der Waals surface area contributed by atoms with E-state index in [1.807, 2.05) is 0 Å². The van der Waals surface area contributed by atoms with Crippen molar-refractivity contribution in [3.05, 3.63) is 35.4 Å². The standard InChI is InChI=1S/C14H21NO2S/c1-11-7-9-12(10-8-11)13-5-4-6-14(13)15(2)18(3,16)17/h7-10,13-14H,4-6H2,1-3H3/t13-,14+/m0/s1. The summed E-state index contributed by atoms with van der Waals surface area (Å²) in [6, 6.07) is 8.59. The topological polar surface area (TPSA) is 37.4 Å². The van der Waals surface area contributed by atoms with Crippen molar-refractivity contribution in [1.82, 2.24) is 4.31 Å². The Bertz CT molecular complexity index is 507. The molecule has 4 heteroatoms. The second kappa shape index (κ2) is 5.02. The fraction of sp³-hybridized carbons (Fsp3) is 0.571. The van der Waals surface area contributed by atoms with Gasteiger partial charge in [-0.25, -0.2) is 12.7 Å². The summed E-state index contributed by atoms with van der Waals surface area (Å²) >= 11 is 0. The Labute approximate surface area is 110 Å². The molecule has 18 heavy (non-hydrogen) atoms. The summed E-state index contributed by atoms with van der Waals surface area (Å²) in [5.74, 6) is 0.338. The molecule has 0 aromatic heterocycles. The molecule has 100 valence electrons. The van der Waals surface area contributed by atoms with Crippen LogP contribution in [0.4, 0.5) is 0 Å². The van der Waals surface area contributed by atoms with Crippen molar-refractivity contribution in [2.24, 2.45) is 0 Å². The summed E-state index contributed by atoms with van der Waals surface area (Å²) in [5.41, 5.74) is 2.50. The van der Waals surface area contributed by atoms with E-state index in [9.17, 15) is 8.42 Å². The summed E-state index contributed by atoms with van der Waals surface area (Å²) in [4.78, 5) is 0. The fourth-order valence-electron chi connectivity index (χ4n) is 2.82. The van der Waals surface area contributed by atoms with Crippen LogP contribution in [0.2, 0.25) is 0 Å².